The highest BCUT2D eigenvalue weighted by Gasteiger charge is 2.70. The highest BCUT2D eigenvalue weighted by molar-refractivity contribution is 5.86. The van der Waals surface area contributed by atoms with Gasteiger partial charge in [-0.1, -0.05) is 26.2 Å². The number of hydrogen-bond acceptors (Lipinski definition) is 9. The lowest BCUT2D eigenvalue weighted by molar-refractivity contribution is -0.202. The molecule has 5 fully saturated rings. The number of carbonyl (C=O) groups is 3. The van der Waals surface area contributed by atoms with Crippen LogP contribution in [0.25, 0.3) is 0 Å². The molecule has 0 amide bonds. The first-order chi connectivity index (χ1) is 16.0. The maximum atomic E-state index is 13.3. The summed E-state index contributed by atoms with van der Waals surface area (Å²) in [5.74, 6) is -2.66. The Hall–Kier alpha value is -1.71. The normalized spacial score (nSPS) is 37.1. The van der Waals surface area contributed by atoms with Crippen molar-refractivity contribution in [3.05, 3.63) is 0 Å². The number of morpholine rings is 1. The van der Waals surface area contributed by atoms with Gasteiger partial charge in [0.1, 0.15) is 12.2 Å². The summed E-state index contributed by atoms with van der Waals surface area (Å²) in [4.78, 5) is 40.5. The van der Waals surface area contributed by atoms with Crippen molar-refractivity contribution < 1.29 is 38.1 Å². The Morgan fingerprint density at radius 1 is 1.12 bits per heavy atom. The monoisotopic (exact) mass is 465 g/mol. The van der Waals surface area contributed by atoms with Crippen molar-refractivity contribution in [3.8, 4) is 0 Å². The summed E-state index contributed by atoms with van der Waals surface area (Å²) in [6.45, 7) is 4.65. The van der Waals surface area contributed by atoms with Gasteiger partial charge in [0.2, 0.25) is 6.29 Å². The minimum absolute atomic E-state index is 0.0967. The maximum absolute atomic E-state index is 13.3. The van der Waals surface area contributed by atoms with Crippen LogP contribution in [-0.2, 0) is 38.1 Å². The van der Waals surface area contributed by atoms with E-state index in [1.54, 1.807) is 0 Å². The van der Waals surface area contributed by atoms with Crippen molar-refractivity contribution in [2.75, 3.05) is 32.8 Å². The van der Waals surface area contributed by atoms with E-state index in [-0.39, 0.29) is 36.4 Å². The number of esters is 3. The molecule has 5 aliphatic rings. The standard InChI is InChI=1S/C24H35NO8/c1-2-18(30-14-6-4-3-5-7-14)32-23(27)19-15-12-16-20(19)24(28)33-22(16)21(15)31-17(26)13-25-8-10-29-11-9-25/h14-16,18-22H,2-13H2,1H3. The van der Waals surface area contributed by atoms with Gasteiger partial charge in [0.05, 0.1) is 37.7 Å². The maximum Gasteiger partial charge on any atom is 0.320 e. The highest BCUT2D eigenvalue weighted by Crippen LogP contribution is 2.59. The van der Waals surface area contributed by atoms with Crippen LogP contribution in [0.4, 0.5) is 0 Å². The smallest absolute Gasteiger partial charge is 0.320 e. The van der Waals surface area contributed by atoms with Crippen molar-refractivity contribution in [1.29, 1.82) is 0 Å². The highest BCUT2D eigenvalue weighted by atomic mass is 16.7. The molecule has 9 nitrogen and oxygen atoms in total. The molecule has 0 N–H and O–H groups in total. The molecule has 0 aromatic carbocycles. The van der Waals surface area contributed by atoms with Gasteiger partial charge in [-0.2, -0.15) is 0 Å². The van der Waals surface area contributed by atoms with E-state index in [0.717, 1.165) is 25.7 Å². The molecule has 7 atom stereocenters. The predicted molar refractivity (Wildman–Crippen MR) is 114 cm³/mol. The predicted octanol–water partition coefficient (Wildman–Crippen LogP) is 1.67. The molecule has 0 aromatic rings. The zero-order valence-corrected chi connectivity index (χ0v) is 19.3. The van der Waals surface area contributed by atoms with Crippen LogP contribution in [-0.4, -0.2) is 80.3 Å². The molecule has 7 unspecified atom stereocenters. The van der Waals surface area contributed by atoms with E-state index >= 15 is 0 Å². The van der Waals surface area contributed by atoms with Crippen LogP contribution in [0.1, 0.15) is 51.9 Å². The van der Waals surface area contributed by atoms with Crippen molar-refractivity contribution in [3.63, 3.8) is 0 Å². The van der Waals surface area contributed by atoms with Gasteiger partial charge >= 0.3 is 17.9 Å². The van der Waals surface area contributed by atoms with Crippen LogP contribution in [0.15, 0.2) is 0 Å². The molecule has 0 radical (unpaired) electrons. The number of ether oxygens (including phenoxy) is 5. The first-order valence-corrected chi connectivity index (χ1v) is 12.6. The summed E-state index contributed by atoms with van der Waals surface area (Å²) in [5, 5.41) is 0. The molecule has 2 saturated heterocycles. The minimum Gasteiger partial charge on any atom is -0.458 e. The summed E-state index contributed by atoms with van der Waals surface area (Å²) in [6.07, 6.45) is 5.10. The Bertz CT molecular complexity index is 747. The summed E-state index contributed by atoms with van der Waals surface area (Å²) in [7, 11) is 0. The van der Waals surface area contributed by atoms with E-state index in [0.29, 0.717) is 39.1 Å². The van der Waals surface area contributed by atoms with Gasteiger partial charge in [0, 0.05) is 31.3 Å². The SMILES string of the molecule is CCC(OC(=O)C1C2CC3C(OC(=O)C31)C2OC(=O)CN1CCOCC1)OC1CCCCC1. The fourth-order valence-electron chi connectivity index (χ4n) is 6.43. The van der Waals surface area contributed by atoms with Crippen molar-refractivity contribution >= 4 is 17.9 Å². The molecule has 5 rings (SSSR count). The van der Waals surface area contributed by atoms with Crippen LogP contribution in [0.3, 0.4) is 0 Å². The average molecular weight is 466 g/mol. The Balaban J connectivity index is 1.22. The lowest BCUT2D eigenvalue weighted by Crippen LogP contribution is -2.46. The molecular weight excluding hydrogens is 430 g/mol. The van der Waals surface area contributed by atoms with E-state index in [9.17, 15) is 14.4 Å². The number of fused-ring (bicyclic) bond motifs is 1. The number of carbonyl (C=O) groups excluding carboxylic acids is 3. The second-order valence-electron chi connectivity index (χ2n) is 10.0. The van der Waals surface area contributed by atoms with Crippen LogP contribution < -0.4 is 0 Å². The van der Waals surface area contributed by atoms with Gasteiger partial charge in [-0.25, -0.2) is 0 Å². The summed E-state index contributed by atoms with van der Waals surface area (Å²) >= 11 is 0. The second-order valence-corrected chi connectivity index (χ2v) is 10.0. The molecule has 2 aliphatic heterocycles. The molecule has 2 bridgehead atoms. The van der Waals surface area contributed by atoms with Crippen LogP contribution in [0.5, 0.6) is 0 Å². The first-order valence-electron chi connectivity index (χ1n) is 12.6. The molecule has 0 spiro atoms. The summed E-state index contributed by atoms with van der Waals surface area (Å²) in [5.41, 5.74) is 0. The van der Waals surface area contributed by atoms with Gasteiger partial charge in [-0.15, -0.1) is 0 Å². The van der Waals surface area contributed by atoms with Crippen molar-refractivity contribution in [2.24, 2.45) is 23.7 Å². The summed E-state index contributed by atoms with van der Waals surface area (Å²) < 4.78 is 28.6. The lowest BCUT2D eigenvalue weighted by atomic mass is 9.78. The van der Waals surface area contributed by atoms with Crippen LogP contribution in [0, 0.1) is 23.7 Å². The second kappa shape index (κ2) is 9.88. The van der Waals surface area contributed by atoms with E-state index in [1.165, 1.54) is 6.42 Å². The minimum atomic E-state index is -0.647. The fourth-order valence-corrected chi connectivity index (χ4v) is 6.43. The number of rotatable bonds is 8. The third kappa shape index (κ3) is 4.64. The van der Waals surface area contributed by atoms with E-state index in [1.807, 2.05) is 11.8 Å². The lowest BCUT2D eigenvalue weighted by Gasteiger charge is -2.33. The third-order valence-corrected chi connectivity index (χ3v) is 8.02. The van der Waals surface area contributed by atoms with Crippen LogP contribution in [0.2, 0.25) is 0 Å². The van der Waals surface area contributed by atoms with E-state index in [2.05, 4.69) is 0 Å². The largest absolute Gasteiger partial charge is 0.458 e. The topological polar surface area (TPSA) is 101 Å². The molecular formula is C24H35NO8. The van der Waals surface area contributed by atoms with Gasteiger partial charge in [-0.3, -0.25) is 19.3 Å². The number of hydrogen-bond donors (Lipinski definition) is 0. The molecule has 9 heteroatoms. The average Bonchev–Trinajstić information content (AvgIpc) is 3.44. The van der Waals surface area contributed by atoms with Crippen molar-refractivity contribution in [2.45, 2.75) is 76.5 Å². The van der Waals surface area contributed by atoms with E-state index in [4.69, 9.17) is 23.7 Å². The molecule has 3 aliphatic carbocycles. The van der Waals surface area contributed by atoms with Gasteiger partial charge in [-0.05, 0) is 19.3 Å². The van der Waals surface area contributed by atoms with Gasteiger partial charge in [0.15, 0.2) is 0 Å². The Labute approximate surface area is 194 Å². The van der Waals surface area contributed by atoms with Crippen molar-refractivity contribution in [1.82, 2.24) is 4.90 Å². The van der Waals surface area contributed by atoms with Gasteiger partial charge in [0.25, 0.3) is 0 Å². The molecule has 0 aromatic heterocycles. The Kier molecular flexibility index (Phi) is 6.90. The molecule has 3 saturated carbocycles. The third-order valence-electron chi connectivity index (χ3n) is 8.02. The van der Waals surface area contributed by atoms with Gasteiger partial charge < -0.3 is 23.7 Å². The zero-order chi connectivity index (χ0) is 22.9. The first kappa shape index (κ1) is 23.1. The Morgan fingerprint density at radius 2 is 1.88 bits per heavy atom. The fraction of sp³-hybridized carbons (Fsp3) is 0.875. The number of nitrogens with zero attached hydrogens (tertiary/aromatic N) is 1. The molecule has 2 heterocycles. The molecule has 184 valence electrons. The zero-order valence-electron chi connectivity index (χ0n) is 19.3. The quantitative estimate of drug-likeness (QED) is 0.301. The van der Waals surface area contributed by atoms with Crippen LogP contribution >= 0.6 is 0 Å². The molecule has 33 heavy (non-hydrogen) atoms. The Morgan fingerprint density at radius 3 is 2.61 bits per heavy atom. The summed E-state index contributed by atoms with van der Waals surface area (Å²) in [6, 6.07) is 0. The van der Waals surface area contributed by atoms with E-state index < -0.39 is 36.3 Å².